The molecule has 0 N–H and O–H groups in total. The second kappa shape index (κ2) is 5.82. The number of ether oxygens (including phenoxy) is 3. The van der Waals surface area contributed by atoms with E-state index in [9.17, 15) is 9.59 Å². The maximum atomic E-state index is 11.3. The van der Waals surface area contributed by atoms with Crippen molar-refractivity contribution in [3.8, 4) is 0 Å². The summed E-state index contributed by atoms with van der Waals surface area (Å²) in [6.45, 7) is 2.99. The highest BCUT2D eigenvalue weighted by Crippen LogP contribution is 2.28. The van der Waals surface area contributed by atoms with Gasteiger partial charge in [0.1, 0.15) is 6.29 Å². The molecular weight excluding hydrogens is 200 g/mol. The zero-order chi connectivity index (χ0) is 11.1. The lowest BCUT2D eigenvalue weighted by atomic mass is 10.1. The van der Waals surface area contributed by atoms with E-state index < -0.39 is 5.79 Å². The van der Waals surface area contributed by atoms with Crippen LogP contribution in [0.5, 0.6) is 0 Å². The third-order valence-electron chi connectivity index (χ3n) is 2.18. The Morgan fingerprint density at radius 1 is 1.47 bits per heavy atom. The molecule has 1 aliphatic heterocycles. The second-order valence-electron chi connectivity index (χ2n) is 3.29. The zero-order valence-electron chi connectivity index (χ0n) is 8.86. The van der Waals surface area contributed by atoms with Gasteiger partial charge in [-0.2, -0.15) is 0 Å². The van der Waals surface area contributed by atoms with Crippen molar-refractivity contribution in [1.29, 1.82) is 0 Å². The number of carbonyl (C=O) groups is 2. The summed E-state index contributed by atoms with van der Waals surface area (Å²) in [5.41, 5.74) is 0. The van der Waals surface area contributed by atoms with Crippen LogP contribution >= 0.6 is 0 Å². The lowest BCUT2D eigenvalue weighted by Gasteiger charge is -2.25. The van der Waals surface area contributed by atoms with Gasteiger partial charge in [-0.1, -0.05) is 0 Å². The quantitative estimate of drug-likeness (QED) is 0.482. The maximum absolute atomic E-state index is 11.3. The molecule has 5 nitrogen and oxygen atoms in total. The van der Waals surface area contributed by atoms with Crippen LogP contribution in [-0.2, 0) is 23.8 Å². The molecule has 0 atom stereocenters. The molecule has 0 bridgehead atoms. The lowest BCUT2D eigenvalue weighted by Crippen LogP contribution is -2.34. The Kier molecular flexibility index (Phi) is 4.71. The third-order valence-corrected chi connectivity index (χ3v) is 2.18. The smallest absolute Gasteiger partial charge is 0.311 e. The Morgan fingerprint density at radius 2 is 2.13 bits per heavy atom. The van der Waals surface area contributed by atoms with Gasteiger partial charge in [0.2, 0.25) is 0 Å². The molecule has 0 spiro atoms. The minimum Gasteiger partial charge on any atom is -0.466 e. The summed E-state index contributed by atoms with van der Waals surface area (Å²) in [4.78, 5) is 21.6. The van der Waals surface area contributed by atoms with Crippen LogP contribution in [0.4, 0.5) is 0 Å². The number of hydrogen-bond acceptors (Lipinski definition) is 5. The summed E-state index contributed by atoms with van der Waals surface area (Å²) in [5, 5.41) is 0. The largest absolute Gasteiger partial charge is 0.466 e. The molecule has 15 heavy (non-hydrogen) atoms. The van der Waals surface area contributed by atoms with Crippen molar-refractivity contribution in [1.82, 2.24) is 0 Å². The molecule has 0 amide bonds. The van der Waals surface area contributed by atoms with Crippen molar-refractivity contribution in [2.24, 2.45) is 0 Å². The third kappa shape index (κ3) is 3.60. The molecule has 1 rings (SSSR count). The molecule has 86 valence electrons. The summed E-state index contributed by atoms with van der Waals surface area (Å²) < 4.78 is 15.6. The van der Waals surface area contributed by atoms with Gasteiger partial charge in [-0.3, -0.25) is 4.79 Å². The summed E-state index contributed by atoms with van der Waals surface area (Å²) in [7, 11) is 0. The van der Waals surface area contributed by atoms with Crippen LogP contribution in [0.3, 0.4) is 0 Å². The fraction of sp³-hybridized carbons (Fsp3) is 0.800. The number of esters is 1. The van der Waals surface area contributed by atoms with Gasteiger partial charge in [-0.05, 0) is 6.92 Å². The molecule has 5 heteroatoms. The second-order valence-corrected chi connectivity index (χ2v) is 3.29. The van der Waals surface area contributed by atoms with Crippen molar-refractivity contribution in [2.75, 3.05) is 19.8 Å². The fourth-order valence-electron chi connectivity index (χ4n) is 1.54. The Balaban J connectivity index is 2.48. The van der Waals surface area contributed by atoms with Crippen molar-refractivity contribution in [3.05, 3.63) is 0 Å². The van der Waals surface area contributed by atoms with Gasteiger partial charge >= 0.3 is 5.97 Å². The van der Waals surface area contributed by atoms with E-state index in [4.69, 9.17) is 14.2 Å². The van der Waals surface area contributed by atoms with Crippen LogP contribution in [-0.4, -0.2) is 37.9 Å². The van der Waals surface area contributed by atoms with Crippen molar-refractivity contribution < 1.29 is 23.8 Å². The number of aldehydes is 1. The number of carbonyl (C=O) groups excluding carboxylic acids is 2. The van der Waals surface area contributed by atoms with Gasteiger partial charge in [-0.25, -0.2) is 0 Å². The average Bonchev–Trinajstić information content (AvgIpc) is 2.64. The van der Waals surface area contributed by atoms with Crippen LogP contribution in [0.2, 0.25) is 0 Å². The first-order valence-corrected chi connectivity index (χ1v) is 5.09. The Bertz CT molecular complexity index is 220. The molecule has 0 saturated carbocycles. The van der Waals surface area contributed by atoms with Crippen LogP contribution in [0.15, 0.2) is 0 Å². The number of rotatable bonds is 6. The van der Waals surface area contributed by atoms with E-state index in [2.05, 4.69) is 0 Å². The molecule has 0 aromatic carbocycles. The van der Waals surface area contributed by atoms with E-state index in [1.807, 2.05) is 0 Å². The predicted octanol–water partition coefficient (Wildman–Crippen LogP) is 0.662. The van der Waals surface area contributed by atoms with E-state index >= 15 is 0 Å². The van der Waals surface area contributed by atoms with Gasteiger partial charge < -0.3 is 19.0 Å². The maximum Gasteiger partial charge on any atom is 0.311 e. The van der Waals surface area contributed by atoms with Crippen LogP contribution in [0, 0.1) is 0 Å². The van der Waals surface area contributed by atoms with Crippen molar-refractivity contribution in [3.63, 3.8) is 0 Å². The molecule has 0 aromatic heterocycles. The highest BCUT2D eigenvalue weighted by atomic mass is 16.7. The topological polar surface area (TPSA) is 61.8 Å². The summed E-state index contributed by atoms with van der Waals surface area (Å²) in [5.74, 6) is -1.29. The van der Waals surface area contributed by atoms with Gasteiger partial charge in [0.05, 0.1) is 26.2 Å². The normalized spacial score (nSPS) is 18.7. The standard InChI is InChI=1S/C10H16O5/c1-2-13-9(12)8-10(4-3-5-11)14-6-7-15-10/h5H,2-4,6-8H2,1H3. The first kappa shape index (κ1) is 12.1. The van der Waals surface area contributed by atoms with Crippen molar-refractivity contribution >= 4 is 12.3 Å². The first-order chi connectivity index (χ1) is 7.22. The molecule has 0 radical (unpaired) electrons. The molecule has 1 fully saturated rings. The first-order valence-electron chi connectivity index (χ1n) is 5.09. The van der Waals surface area contributed by atoms with Crippen LogP contribution < -0.4 is 0 Å². The van der Waals surface area contributed by atoms with Crippen LogP contribution in [0.25, 0.3) is 0 Å². The highest BCUT2D eigenvalue weighted by molar-refractivity contribution is 5.70. The molecule has 0 unspecified atom stereocenters. The Labute approximate surface area is 88.7 Å². The lowest BCUT2D eigenvalue weighted by molar-refractivity contribution is -0.185. The molecule has 0 aromatic rings. The van der Waals surface area contributed by atoms with Gasteiger partial charge in [0.15, 0.2) is 5.79 Å². The zero-order valence-corrected chi connectivity index (χ0v) is 8.86. The molecule has 1 aliphatic rings. The minimum absolute atomic E-state index is 0.0503. The van der Waals surface area contributed by atoms with E-state index in [0.717, 1.165) is 6.29 Å². The molecule has 0 aliphatic carbocycles. The summed E-state index contributed by atoms with van der Waals surface area (Å²) in [6, 6.07) is 0. The van der Waals surface area contributed by atoms with E-state index in [1.54, 1.807) is 6.92 Å². The fourth-order valence-corrected chi connectivity index (χ4v) is 1.54. The monoisotopic (exact) mass is 216 g/mol. The predicted molar refractivity (Wildman–Crippen MR) is 51.2 cm³/mol. The average molecular weight is 216 g/mol. The van der Waals surface area contributed by atoms with E-state index in [-0.39, 0.29) is 12.4 Å². The van der Waals surface area contributed by atoms with Gasteiger partial charge in [0, 0.05) is 12.8 Å². The van der Waals surface area contributed by atoms with E-state index in [0.29, 0.717) is 32.7 Å². The summed E-state index contributed by atoms with van der Waals surface area (Å²) >= 11 is 0. The molecule has 1 heterocycles. The Hall–Kier alpha value is -0.940. The molecule has 1 saturated heterocycles. The highest BCUT2D eigenvalue weighted by Gasteiger charge is 2.38. The Morgan fingerprint density at radius 3 is 2.67 bits per heavy atom. The van der Waals surface area contributed by atoms with Gasteiger partial charge in [-0.15, -0.1) is 0 Å². The minimum atomic E-state index is -0.937. The SMILES string of the molecule is CCOC(=O)CC1(CCC=O)OCCO1. The molecular formula is C10H16O5. The van der Waals surface area contributed by atoms with Crippen LogP contribution in [0.1, 0.15) is 26.2 Å². The number of hydrogen-bond donors (Lipinski definition) is 0. The van der Waals surface area contributed by atoms with Gasteiger partial charge in [0.25, 0.3) is 0 Å². The van der Waals surface area contributed by atoms with E-state index in [1.165, 1.54) is 0 Å². The summed E-state index contributed by atoms with van der Waals surface area (Å²) in [6.07, 6.45) is 1.56. The van der Waals surface area contributed by atoms with Crippen molar-refractivity contribution in [2.45, 2.75) is 32.0 Å².